The van der Waals surface area contributed by atoms with E-state index in [0.29, 0.717) is 4.68 Å². The van der Waals surface area contributed by atoms with E-state index in [1.807, 2.05) is 0 Å². The average molecular weight is 219 g/mol. The molecule has 0 N–H and O–H groups in total. The second-order valence-electron chi connectivity index (χ2n) is 2.42. The van der Waals surface area contributed by atoms with E-state index in [-0.39, 0.29) is 51.4 Å². The Morgan fingerprint density at radius 1 is 1.54 bits per heavy atom. The number of aryl methyl sites for hydroxylation is 1. The normalized spacial score (nSPS) is 11.1. The van der Waals surface area contributed by atoms with Gasteiger partial charge in [-0.25, -0.2) is 9.48 Å². The molecule has 9 heteroatoms. The van der Waals surface area contributed by atoms with Crippen molar-refractivity contribution in [3.05, 3.63) is 16.8 Å². The largest absolute Gasteiger partial charge is 1.00 e. The van der Waals surface area contributed by atoms with Crippen LogP contribution in [0.15, 0.2) is 11.1 Å². The summed E-state index contributed by atoms with van der Waals surface area (Å²) in [7, 11) is 1.34. The molecule has 0 radical (unpaired) electrons. The SMILES string of the molecule is Cn1cnn(C[B-](F)(F)F)c1=O.[K+]. The summed E-state index contributed by atoms with van der Waals surface area (Å²) in [5.41, 5.74) is -0.755. The molecule has 0 atom stereocenters. The Balaban J connectivity index is 0.00000144. The monoisotopic (exact) mass is 219 g/mol. The fraction of sp³-hybridized carbons (Fsp3) is 0.500. The number of hydrogen-bond acceptors (Lipinski definition) is 2. The summed E-state index contributed by atoms with van der Waals surface area (Å²) >= 11 is 0. The third-order valence-corrected chi connectivity index (χ3v) is 1.27. The molecule has 1 aromatic heterocycles. The van der Waals surface area contributed by atoms with Gasteiger partial charge in [0.1, 0.15) is 6.33 Å². The van der Waals surface area contributed by atoms with Gasteiger partial charge in [0.2, 0.25) is 0 Å². The van der Waals surface area contributed by atoms with Gasteiger partial charge in [-0.2, -0.15) is 5.10 Å². The number of hydrogen-bond donors (Lipinski definition) is 0. The van der Waals surface area contributed by atoms with Crippen molar-refractivity contribution < 1.29 is 64.3 Å². The van der Waals surface area contributed by atoms with Gasteiger partial charge in [0.05, 0.1) is 0 Å². The van der Waals surface area contributed by atoms with Crippen molar-refractivity contribution >= 4 is 6.98 Å². The molecule has 0 saturated carbocycles. The molecule has 0 aliphatic heterocycles. The predicted molar refractivity (Wildman–Crippen MR) is 36.5 cm³/mol. The predicted octanol–water partition coefficient (Wildman–Crippen LogP) is -3.03. The third kappa shape index (κ3) is 3.98. The first-order valence-corrected chi connectivity index (χ1v) is 3.19. The van der Waals surface area contributed by atoms with E-state index >= 15 is 0 Å². The van der Waals surface area contributed by atoms with Crippen LogP contribution in [0.2, 0.25) is 0 Å². The van der Waals surface area contributed by atoms with Gasteiger partial charge in [0.15, 0.2) is 0 Å². The van der Waals surface area contributed by atoms with E-state index in [0.717, 1.165) is 10.9 Å². The minimum Gasteiger partial charge on any atom is -0.448 e. The Morgan fingerprint density at radius 2 is 2.08 bits per heavy atom. The van der Waals surface area contributed by atoms with Crippen LogP contribution in [0.25, 0.3) is 0 Å². The number of nitrogens with zero attached hydrogens (tertiary/aromatic N) is 3. The molecule has 68 valence electrons. The standard InChI is InChI=1S/C4H6BF3N3O.K/c1-10-3-9-11(4(10)12)2-5(6,7)8;/h3H,2H2,1H3;/q-1;+1. The first-order valence-electron chi connectivity index (χ1n) is 3.19. The first-order chi connectivity index (χ1) is 5.40. The molecule has 0 aliphatic rings. The van der Waals surface area contributed by atoms with Gasteiger partial charge in [0, 0.05) is 13.5 Å². The van der Waals surface area contributed by atoms with Crippen molar-refractivity contribution in [2.45, 2.75) is 6.44 Å². The number of halogens is 3. The molecule has 0 fully saturated rings. The van der Waals surface area contributed by atoms with E-state index in [9.17, 15) is 17.7 Å². The van der Waals surface area contributed by atoms with Crippen LogP contribution in [0.4, 0.5) is 12.9 Å². The summed E-state index contributed by atoms with van der Waals surface area (Å²) in [5.74, 6) is 0. The van der Waals surface area contributed by atoms with Crippen LogP contribution >= 0.6 is 0 Å². The molecular weight excluding hydrogens is 213 g/mol. The van der Waals surface area contributed by atoms with Gasteiger partial charge in [-0.05, 0) is 0 Å². The van der Waals surface area contributed by atoms with Gasteiger partial charge in [-0.15, -0.1) is 0 Å². The van der Waals surface area contributed by atoms with Crippen LogP contribution in [-0.4, -0.2) is 21.3 Å². The first kappa shape index (κ1) is 13.4. The molecule has 1 rings (SSSR count). The maximum atomic E-state index is 11.8. The van der Waals surface area contributed by atoms with Crippen molar-refractivity contribution in [2.24, 2.45) is 7.05 Å². The molecule has 0 spiro atoms. The fourth-order valence-corrected chi connectivity index (χ4v) is 0.742. The van der Waals surface area contributed by atoms with E-state index in [1.165, 1.54) is 7.05 Å². The summed E-state index contributed by atoms with van der Waals surface area (Å²) in [6.07, 6.45) is -0.232. The fourth-order valence-electron chi connectivity index (χ4n) is 0.742. The van der Waals surface area contributed by atoms with Crippen molar-refractivity contribution in [2.75, 3.05) is 0 Å². The Morgan fingerprint density at radius 3 is 2.38 bits per heavy atom. The van der Waals surface area contributed by atoms with E-state index < -0.39 is 19.1 Å². The maximum absolute atomic E-state index is 11.8. The van der Waals surface area contributed by atoms with Crippen molar-refractivity contribution in [3.8, 4) is 0 Å². The molecule has 0 bridgehead atoms. The minimum atomic E-state index is -5.00. The van der Waals surface area contributed by atoms with Gasteiger partial charge in [-0.1, -0.05) is 0 Å². The van der Waals surface area contributed by atoms with Crippen molar-refractivity contribution in [3.63, 3.8) is 0 Å². The molecule has 4 nitrogen and oxygen atoms in total. The number of aromatic nitrogens is 3. The molecule has 1 aromatic rings. The zero-order valence-corrected chi connectivity index (χ0v) is 10.4. The Bertz CT molecular complexity index is 332. The molecule has 0 aliphatic carbocycles. The quantitative estimate of drug-likeness (QED) is 0.496. The maximum Gasteiger partial charge on any atom is 1.00 e. The summed E-state index contributed by atoms with van der Waals surface area (Å²) < 4.78 is 36.7. The Hall–Kier alpha value is 0.431. The van der Waals surface area contributed by atoms with Crippen molar-refractivity contribution in [1.29, 1.82) is 0 Å². The Kier molecular flexibility index (Phi) is 4.94. The third-order valence-electron chi connectivity index (χ3n) is 1.27. The summed E-state index contributed by atoms with van der Waals surface area (Å²) in [6, 6.07) is 0. The smallest absolute Gasteiger partial charge is 0.448 e. The van der Waals surface area contributed by atoms with Crippen LogP contribution < -0.4 is 57.1 Å². The summed E-state index contributed by atoms with van der Waals surface area (Å²) in [4.78, 5) is 10.8. The Labute approximate surface area is 115 Å². The second kappa shape index (κ2) is 4.78. The van der Waals surface area contributed by atoms with Gasteiger partial charge in [0.25, 0.3) is 0 Å². The summed E-state index contributed by atoms with van der Waals surface area (Å²) in [5, 5.41) is 3.26. The second-order valence-corrected chi connectivity index (χ2v) is 2.42. The topological polar surface area (TPSA) is 39.8 Å². The molecule has 0 amide bonds. The van der Waals surface area contributed by atoms with Crippen molar-refractivity contribution in [1.82, 2.24) is 14.3 Å². The molecule has 0 unspecified atom stereocenters. The number of rotatable bonds is 2. The van der Waals surface area contributed by atoms with Crippen LogP contribution in [0.5, 0.6) is 0 Å². The zero-order valence-electron chi connectivity index (χ0n) is 7.25. The molecular formula is C4H6BF3KN3O. The molecule has 0 aromatic carbocycles. The molecule has 0 saturated heterocycles. The van der Waals surface area contributed by atoms with Gasteiger partial charge in [-0.3, -0.25) is 4.57 Å². The minimum absolute atomic E-state index is 0. The van der Waals surface area contributed by atoms with Crippen LogP contribution in [0, 0.1) is 0 Å². The van der Waals surface area contributed by atoms with Gasteiger partial charge >= 0.3 is 64.1 Å². The zero-order chi connectivity index (χ0) is 9.35. The van der Waals surface area contributed by atoms with Crippen LogP contribution in [-0.2, 0) is 13.5 Å². The van der Waals surface area contributed by atoms with Gasteiger partial charge < -0.3 is 12.9 Å². The van der Waals surface area contributed by atoms with E-state index in [2.05, 4.69) is 5.10 Å². The van der Waals surface area contributed by atoms with Crippen LogP contribution in [0.1, 0.15) is 0 Å². The molecule has 13 heavy (non-hydrogen) atoms. The van der Waals surface area contributed by atoms with Crippen LogP contribution in [0.3, 0.4) is 0 Å². The molecule has 1 heterocycles. The summed E-state index contributed by atoms with van der Waals surface area (Å²) in [6.45, 7) is -5.00. The van der Waals surface area contributed by atoms with E-state index in [1.54, 1.807) is 0 Å². The average Bonchev–Trinajstić information content (AvgIpc) is 2.16. The van der Waals surface area contributed by atoms with E-state index in [4.69, 9.17) is 0 Å².